The van der Waals surface area contributed by atoms with Crippen molar-refractivity contribution in [2.24, 2.45) is 0 Å². The van der Waals surface area contributed by atoms with E-state index < -0.39 is 0 Å². The predicted molar refractivity (Wildman–Crippen MR) is 55.3 cm³/mol. The number of nitrogens with one attached hydrogen (secondary N) is 2. The Kier molecular flexibility index (Phi) is 4.55. The van der Waals surface area contributed by atoms with Crippen LogP contribution in [0.2, 0.25) is 0 Å². The number of ether oxygens (including phenoxy) is 1. The molecule has 15 heavy (non-hydrogen) atoms. The molecule has 0 spiro atoms. The van der Waals surface area contributed by atoms with E-state index in [9.17, 15) is 9.59 Å². The number of hydrogen-bond donors (Lipinski definition) is 2. The lowest BCUT2D eigenvalue weighted by molar-refractivity contribution is -0.143. The summed E-state index contributed by atoms with van der Waals surface area (Å²) in [6.45, 7) is 2.47. The second-order valence-electron chi connectivity index (χ2n) is 3.80. The number of amides is 1. The van der Waals surface area contributed by atoms with Gasteiger partial charge in [-0.2, -0.15) is 0 Å². The van der Waals surface area contributed by atoms with E-state index in [1.807, 2.05) is 0 Å². The molecule has 0 saturated carbocycles. The predicted octanol–water partition coefficient (Wildman–Crippen LogP) is -0.194. The molecule has 2 N–H and O–H groups in total. The summed E-state index contributed by atoms with van der Waals surface area (Å²) in [5.74, 6) is -0.248. The Labute approximate surface area is 89.6 Å². The molecule has 0 aromatic rings. The maximum absolute atomic E-state index is 11.2. The van der Waals surface area contributed by atoms with Crippen LogP contribution in [0.3, 0.4) is 0 Å². The van der Waals surface area contributed by atoms with Gasteiger partial charge in [0.2, 0.25) is 5.91 Å². The molecule has 1 saturated heterocycles. The van der Waals surface area contributed by atoms with Crippen LogP contribution in [0.25, 0.3) is 0 Å². The van der Waals surface area contributed by atoms with E-state index in [1.165, 1.54) is 7.11 Å². The quantitative estimate of drug-likeness (QED) is 0.639. The summed E-state index contributed by atoms with van der Waals surface area (Å²) in [5.41, 5.74) is 0. The lowest BCUT2D eigenvalue weighted by Gasteiger charge is -2.19. The maximum atomic E-state index is 11.2. The van der Waals surface area contributed by atoms with E-state index in [0.29, 0.717) is 6.42 Å². The minimum absolute atomic E-state index is 0.0436. The molecule has 2 unspecified atom stereocenters. The largest absolute Gasteiger partial charge is 0.468 e. The van der Waals surface area contributed by atoms with Crippen molar-refractivity contribution in [2.75, 3.05) is 13.7 Å². The van der Waals surface area contributed by atoms with Crippen molar-refractivity contribution >= 4 is 11.9 Å². The van der Waals surface area contributed by atoms with Crippen LogP contribution in [0.4, 0.5) is 0 Å². The van der Waals surface area contributed by atoms with Crippen molar-refractivity contribution in [3.8, 4) is 0 Å². The Morgan fingerprint density at radius 3 is 3.07 bits per heavy atom. The monoisotopic (exact) mass is 214 g/mol. The minimum atomic E-state index is -0.356. The van der Waals surface area contributed by atoms with Crippen LogP contribution in [-0.2, 0) is 14.3 Å². The topological polar surface area (TPSA) is 67.4 Å². The lowest BCUT2D eigenvalue weighted by atomic mass is 10.1. The molecular formula is C10H18N2O3. The summed E-state index contributed by atoms with van der Waals surface area (Å²) in [6, 6.07) is -0.285. The molecule has 0 radical (unpaired) electrons. The fourth-order valence-corrected chi connectivity index (χ4v) is 1.71. The second-order valence-corrected chi connectivity index (χ2v) is 3.80. The highest BCUT2D eigenvalue weighted by Gasteiger charge is 2.21. The van der Waals surface area contributed by atoms with Gasteiger partial charge in [0.25, 0.3) is 0 Å². The van der Waals surface area contributed by atoms with Crippen LogP contribution in [-0.4, -0.2) is 37.6 Å². The molecule has 5 nitrogen and oxygen atoms in total. The summed E-state index contributed by atoms with van der Waals surface area (Å²) in [7, 11) is 1.36. The van der Waals surface area contributed by atoms with E-state index in [-0.39, 0.29) is 24.0 Å². The molecule has 0 bridgehead atoms. The van der Waals surface area contributed by atoms with Gasteiger partial charge >= 0.3 is 5.97 Å². The number of carbonyl (C=O) groups excluding carboxylic acids is 2. The molecule has 5 heteroatoms. The maximum Gasteiger partial charge on any atom is 0.322 e. The Morgan fingerprint density at radius 1 is 1.67 bits per heavy atom. The summed E-state index contributed by atoms with van der Waals surface area (Å²) >= 11 is 0. The highest BCUT2D eigenvalue weighted by atomic mass is 16.5. The number of esters is 1. The zero-order valence-corrected chi connectivity index (χ0v) is 9.21. The molecule has 1 aliphatic heterocycles. The van der Waals surface area contributed by atoms with Gasteiger partial charge < -0.3 is 15.4 Å². The van der Waals surface area contributed by atoms with Gasteiger partial charge in [0, 0.05) is 19.0 Å². The van der Waals surface area contributed by atoms with E-state index in [1.54, 1.807) is 6.92 Å². The first kappa shape index (κ1) is 12.0. The number of rotatable bonds is 3. The van der Waals surface area contributed by atoms with Gasteiger partial charge in [0.15, 0.2) is 0 Å². The second kappa shape index (κ2) is 5.70. The number of methoxy groups -OCH3 is 1. The summed E-state index contributed by atoms with van der Waals surface area (Å²) in [4.78, 5) is 22.4. The summed E-state index contributed by atoms with van der Waals surface area (Å²) in [6.07, 6.45) is 2.28. The standard InChI is InChI=1S/C10H18N2O3/c1-7(10(14)15-2)12-8-4-3-5-11-9(13)6-8/h7-8,12H,3-6H2,1-2H3,(H,11,13). The molecule has 1 fully saturated rings. The van der Waals surface area contributed by atoms with Gasteiger partial charge in [-0.05, 0) is 19.8 Å². The third-order valence-corrected chi connectivity index (χ3v) is 2.52. The first-order valence-electron chi connectivity index (χ1n) is 5.24. The molecule has 1 amide bonds. The molecular weight excluding hydrogens is 196 g/mol. The van der Waals surface area contributed by atoms with Crippen LogP contribution in [0.1, 0.15) is 26.2 Å². The van der Waals surface area contributed by atoms with E-state index in [2.05, 4.69) is 15.4 Å². The fourth-order valence-electron chi connectivity index (χ4n) is 1.71. The van der Waals surface area contributed by atoms with Crippen molar-refractivity contribution in [2.45, 2.75) is 38.3 Å². The van der Waals surface area contributed by atoms with Crippen LogP contribution < -0.4 is 10.6 Å². The zero-order chi connectivity index (χ0) is 11.3. The van der Waals surface area contributed by atoms with Crippen molar-refractivity contribution in [3.05, 3.63) is 0 Å². The Hall–Kier alpha value is -1.10. The normalized spacial score (nSPS) is 23.9. The number of hydrogen-bond acceptors (Lipinski definition) is 4. The van der Waals surface area contributed by atoms with Crippen LogP contribution in [0.5, 0.6) is 0 Å². The van der Waals surface area contributed by atoms with Gasteiger partial charge in [-0.15, -0.1) is 0 Å². The van der Waals surface area contributed by atoms with E-state index in [0.717, 1.165) is 19.4 Å². The van der Waals surface area contributed by atoms with Crippen molar-refractivity contribution in [1.82, 2.24) is 10.6 Å². The highest BCUT2D eigenvalue weighted by Crippen LogP contribution is 2.07. The molecule has 1 aliphatic rings. The van der Waals surface area contributed by atoms with Crippen LogP contribution in [0.15, 0.2) is 0 Å². The van der Waals surface area contributed by atoms with Gasteiger partial charge in [0.05, 0.1) is 7.11 Å². The van der Waals surface area contributed by atoms with Crippen molar-refractivity contribution < 1.29 is 14.3 Å². The van der Waals surface area contributed by atoms with Gasteiger partial charge in [-0.3, -0.25) is 9.59 Å². The van der Waals surface area contributed by atoms with Crippen molar-refractivity contribution in [1.29, 1.82) is 0 Å². The molecule has 0 aliphatic carbocycles. The van der Waals surface area contributed by atoms with E-state index in [4.69, 9.17) is 0 Å². The summed E-state index contributed by atoms with van der Waals surface area (Å²) in [5, 5.41) is 5.90. The molecule has 0 aromatic carbocycles. The minimum Gasteiger partial charge on any atom is -0.468 e. The fraction of sp³-hybridized carbons (Fsp3) is 0.800. The SMILES string of the molecule is COC(=O)C(C)NC1CCCNC(=O)C1. The molecule has 1 heterocycles. The third kappa shape index (κ3) is 3.87. The van der Waals surface area contributed by atoms with Crippen LogP contribution >= 0.6 is 0 Å². The molecule has 2 atom stereocenters. The lowest BCUT2D eigenvalue weighted by Crippen LogP contribution is -2.43. The Bertz CT molecular complexity index is 243. The average Bonchev–Trinajstić information content (AvgIpc) is 2.41. The Morgan fingerprint density at radius 2 is 2.40 bits per heavy atom. The molecule has 86 valence electrons. The average molecular weight is 214 g/mol. The molecule has 1 rings (SSSR count). The number of carbonyl (C=O) groups is 2. The first-order chi connectivity index (χ1) is 7.13. The van der Waals surface area contributed by atoms with Gasteiger partial charge in [-0.25, -0.2) is 0 Å². The van der Waals surface area contributed by atoms with Gasteiger partial charge in [-0.1, -0.05) is 0 Å². The smallest absolute Gasteiger partial charge is 0.322 e. The van der Waals surface area contributed by atoms with Crippen molar-refractivity contribution in [3.63, 3.8) is 0 Å². The summed E-state index contributed by atoms with van der Waals surface area (Å²) < 4.78 is 4.61. The first-order valence-corrected chi connectivity index (χ1v) is 5.24. The highest BCUT2D eigenvalue weighted by molar-refractivity contribution is 5.77. The van der Waals surface area contributed by atoms with E-state index >= 15 is 0 Å². The van der Waals surface area contributed by atoms with Crippen LogP contribution in [0, 0.1) is 0 Å². The Balaban J connectivity index is 2.42. The zero-order valence-electron chi connectivity index (χ0n) is 9.21. The third-order valence-electron chi connectivity index (χ3n) is 2.52. The molecule has 0 aromatic heterocycles. The van der Waals surface area contributed by atoms with Gasteiger partial charge in [0.1, 0.15) is 6.04 Å².